The molecular weight excluding hydrogens is 288 g/mol. The molecule has 0 aromatic carbocycles. The summed E-state index contributed by atoms with van der Waals surface area (Å²) in [6.45, 7) is 4.48. The van der Waals surface area contributed by atoms with E-state index in [1.54, 1.807) is 0 Å². The second-order valence-electron chi connectivity index (χ2n) is 8.65. The van der Waals surface area contributed by atoms with Gasteiger partial charge in [0.05, 0.1) is 0 Å². The summed E-state index contributed by atoms with van der Waals surface area (Å²) in [4.78, 5) is 0. The van der Waals surface area contributed by atoms with Crippen LogP contribution >= 0.6 is 0 Å². The molecule has 0 atom stereocenters. The second kappa shape index (κ2) is 11.9. The van der Waals surface area contributed by atoms with E-state index >= 15 is 0 Å². The van der Waals surface area contributed by atoms with Crippen molar-refractivity contribution in [1.29, 1.82) is 0 Å². The van der Waals surface area contributed by atoms with Gasteiger partial charge in [-0.2, -0.15) is 0 Å². The molecule has 0 aromatic heterocycles. The van der Waals surface area contributed by atoms with Crippen LogP contribution in [0.2, 0.25) is 0 Å². The van der Waals surface area contributed by atoms with Gasteiger partial charge in [0.15, 0.2) is 0 Å². The molecule has 0 radical (unpaired) electrons. The molecule has 0 heterocycles. The van der Waals surface area contributed by atoms with E-state index in [4.69, 9.17) is 0 Å². The minimum absolute atomic E-state index is 0.986. The Hall–Kier alpha value is -0.520. The first-order valence-corrected chi connectivity index (χ1v) is 11.1. The summed E-state index contributed by atoms with van der Waals surface area (Å²) in [5, 5.41) is 0. The summed E-state index contributed by atoms with van der Waals surface area (Å²) >= 11 is 0. The Bertz CT molecular complexity index is 348. The van der Waals surface area contributed by atoms with Gasteiger partial charge < -0.3 is 0 Å². The zero-order valence-electron chi connectivity index (χ0n) is 16.5. The molecule has 24 heavy (non-hydrogen) atoms. The first-order valence-electron chi connectivity index (χ1n) is 11.1. The molecule has 0 aromatic rings. The van der Waals surface area contributed by atoms with E-state index < -0.39 is 0 Å². The average molecular weight is 331 g/mol. The first kappa shape index (κ1) is 19.8. The van der Waals surface area contributed by atoms with Crippen molar-refractivity contribution in [2.45, 2.75) is 104 Å². The molecule has 2 rings (SSSR count). The lowest BCUT2D eigenvalue weighted by Gasteiger charge is -2.28. The van der Waals surface area contributed by atoms with Crippen molar-refractivity contribution in [1.82, 2.24) is 0 Å². The van der Waals surface area contributed by atoms with Gasteiger partial charge in [-0.1, -0.05) is 69.8 Å². The Morgan fingerprint density at radius 1 is 0.625 bits per heavy atom. The molecule has 2 fully saturated rings. The summed E-state index contributed by atoms with van der Waals surface area (Å²) < 4.78 is 0. The van der Waals surface area contributed by atoms with Crippen LogP contribution in [0.5, 0.6) is 0 Å². The van der Waals surface area contributed by atoms with Crippen LogP contribution in [0.4, 0.5) is 0 Å². The Morgan fingerprint density at radius 2 is 1.08 bits per heavy atom. The third-order valence-electron chi connectivity index (χ3n) is 6.71. The predicted molar refractivity (Wildman–Crippen MR) is 108 cm³/mol. The van der Waals surface area contributed by atoms with E-state index in [0.717, 1.165) is 23.7 Å². The van der Waals surface area contributed by atoms with Gasteiger partial charge in [-0.3, -0.25) is 0 Å². The number of hydrogen-bond acceptors (Lipinski definition) is 0. The highest BCUT2D eigenvalue weighted by atomic mass is 14.3. The normalized spacial score (nSPS) is 31.9. The third-order valence-corrected chi connectivity index (χ3v) is 6.71. The van der Waals surface area contributed by atoms with Gasteiger partial charge in [-0.05, 0) is 82.0 Å². The van der Waals surface area contributed by atoms with Gasteiger partial charge >= 0.3 is 0 Å². The van der Waals surface area contributed by atoms with Crippen LogP contribution in [-0.4, -0.2) is 0 Å². The Labute approximate surface area is 152 Å². The van der Waals surface area contributed by atoms with Crippen molar-refractivity contribution in [3.63, 3.8) is 0 Å². The fraction of sp³-hybridized carbons (Fsp3) is 0.833. The van der Waals surface area contributed by atoms with Crippen LogP contribution in [0.25, 0.3) is 0 Å². The van der Waals surface area contributed by atoms with Crippen LogP contribution in [0.3, 0.4) is 0 Å². The molecule has 0 bridgehead atoms. The molecule has 2 aliphatic rings. The molecule has 0 nitrogen and oxygen atoms in total. The van der Waals surface area contributed by atoms with Crippen molar-refractivity contribution in [2.75, 3.05) is 0 Å². The molecule has 138 valence electrons. The van der Waals surface area contributed by atoms with Crippen molar-refractivity contribution in [3.8, 4) is 0 Å². The van der Waals surface area contributed by atoms with E-state index in [0.29, 0.717) is 0 Å². The molecule has 0 aliphatic heterocycles. The van der Waals surface area contributed by atoms with Gasteiger partial charge in [0.1, 0.15) is 0 Å². The van der Waals surface area contributed by atoms with Gasteiger partial charge in [0, 0.05) is 0 Å². The van der Waals surface area contributed by atoms with E-state index in [2.05, 4.69) is 38.2 Å². The lowest BCUT2D eigenvalue weighted by Crippen LogP contribution is -2.14. The Kier molecular flexibility index (Phi) is 9.85. The number of hydrogen-bond donors (Lipinski definition) is 0. The van der Waals surface area contributed by atoms with Crippen LogP contribution in [0.15, 0.2) is 24.3 Å². The van der Waals surface area contributed by atoms with Gasteiger partial charge in [-0.25, -0.2) is 0 Å². The van der Waals surface area contributed by atoms with Crippen LogP contribution in [0, 0.1) is 23.7 Å². The minimum atomic E-state index is 0.986. The number of rotatable bonds is 9. The largest absolute Gasteiger partial charge is 0.0917 e. The molecular formula is C24H42. The predicted octanol–water partition coefficient (Wildman–Crippen LogP) is 8.09. The van der Waals surface area contributed by atoms with Crippen molar-refractivity contribution < 1.29 is 0 Å². The maximum atomic E-state index is 2.53. The number of allylic oxidation sites excluding steroid dienone is 4. The molecule has 0 unspecified atom stereocenters. The summed E-state index contributed by atoms with van der Waals surface area (Å²) in [6, 6.07) is 0. The molecule has 0 amide bonds. The van der Waals surface area contributed by atoms with Gasteiger partial charge in [-0.15, -0.1) is 0 Å². The van der Waals surface area contributed by atoms with Gasteiger partial charge in [0.2, 0.25) is 0 Å². The van der Waals surface area contributed by atoms with E-state index in [1.807, 2.05) is 0 Å². The lowest BCUT2D eigenvalue weighted by molar-refractivity contribution is 0.261. The molecule has 0 saturated heterocycles. The quantitative estimate of drug-likeness (QED) is 0.375. The molecule has 2 aliphatic carbocycles. The van der Waals surface area contributed by atoms with Crippen LogP contribution < -0.4 is 0 Å². The van der Waals surface area contributed by atoms with E-state index in [1.165, 1.54) is 89.9 Å². The molecule has 0 N–H and O–H groups in total. The van der Waals surface area contributed by atoms with E-state index in [9.17, 15) is 0 Å². The second-order valence-corrected chi connectivity index (χ2v) is 8.65. The first-order chi connectivity index (χ1) is 11.8. The molecule has 0 heteroatoms. The summed E-state index contributed by atoms with van der Waals surface area (Å²) in [7, 11) is 0. The lowest BCUT2D eigenvalue weighted by atomic mass is 9.78. The Morgan fingerprint density at radius 3 is 1.54 bits per heavy atom. The zero-order valence-corrected chi connectivity index (χ0v) is 16.5. The highest BCUT2D eigenvalue weighted by Crippen LogP contribution is 2.35. The summed E-state index contributed by atoms with van der Waals surface area (Å²) in [6.07, 6.45) is 29.8. The molecule has 0 spiro atoms. The van der Waals surface area contributed by atoms with E-state index in [-0.39, 0.29) is 0 Å². The Balaban J connectivity index is 1.52. The highest BCUT2D eigenvalue weighted by Gasteiger charge is 2.21. The molecule has 2 saturated carbocycles. The fourth-order valence-electron chi connectivity index (χ4n) is 5.00. The van der Waals surface area contributed by atoms with Crippen molar-refractivity contribution in [3.05, 3.63) is 24.3 Å². The monoisotopic (exact) mass is 330 g/mol. The van der Waals surface area contributed by atoms with Crippen LogP contribution in [0.1, 0.15) is 104 Å². The summed E-state index contributed by atoms with van der Waals surface area (Å²) in [5.74, 6) is 4.05. The maximum Gasteiger partial charge on any atom is -0.0322 e. The SMILES string of the molecule is C/C=C/CCC1CCC(C/C=C\CC2CCC(CCC)CC2)CC1. The highest BCUT2D eigenvalue weighted by molar-refractivity contribution is 4.89. The minimum Gasteiger partial charge on any atom is -0.0917 e. The zero-order chi connectivity index (χ0) is 17.0. The smallest absolute Gasteiger partial charge is 0.0322 e. The van der Waals surface area contributed by atoms with Crippen molar-refractivity contribution in [2.24, 2.45) is 23.7 Å². The van der Waals surface area contributed by atoms with Gasteiger partial charge in [0.25, 0.3) is 0 Å². The average Bonchev–Trinajstić information content (AvgIpc) is 2.62. The standard InChI is InChI=1S/C24H42/c1-3-5-6-10-22-17-19-24(20-18-22)12-8-7-11-23-15-13-21(9-4-2)14-16-23/h3,5,7-8,21-24H,4,6,9-20H2,1-2H3/b5-3+,8-7-. The fourth-order valence-corrected chi connectivity index (χ4v) is 5.00. The van der Waals surface area contributed by atoms with Crippen LogP contribution in [-0.2, 0) is 0 Å². The summed E-state index contributed by atoms with van der Waals surface area (Å²) in [5.41, 5.74) is 0. The third kappa shape index (κ3) is 7.58. The topological polar surface area (TPSA) is 0 Å². The maximum absolute atomic E-state index is 2.53. The van der Waals surface area contributed by atoms with Crippen molar-refractivity contribution >= 4 is 0 Å².